The number of thiazole rings is 1. The van der Waals surface area contributed by atoms with Gasteiger partial charge in [0.2, 0.25) is 0 Å². The minimum atomic E-state index is -0.503. The maximum Gasteiger partial charge on any atom is 0.271 e. The number of amides is 1. The number of nitrogens with one attached hydrogen (secondary N) is 1. The number of carbonyl (C=O) groups is 1. The van der Waals surface area contributed by atoms with Crippen LogP contribution in [0, 0.1) is 5.41 Å². The zero-order valence-electron chi connectivity index (χ0n) is 12.3. The van der Waals surface area contributed by atoms with Gasteiger partial charge in [-0.1, -0.05) is 20.8 Å². The fourth-order valence-electron chi connectivity index (χ4n) is 2.14. The van der Waals surface area contributed by atoms with Gasteiger partial charge >= 0.3 is 0 Å². The van der Waals surface area contributed by atoms with Crippen LogP contribution in [0.3, 0.4) is 0 Å². The zero-order chi connectivity index (χ0) is 15.6. The van der Waals surface area contributed by atoms with Crippen molar-refractivity contribution in [1.82, 2.24) is 14.7 Å². The molecule has 6 nitrogen and oxygen atoms in total. The molecule has 2 aromatic rings. The largest absolute Gasteiger partial charge is 0.394 e. The molecule has 0 spiro atoms. The summed E-state index contributed by atoms with van der Waals surface area (Å²) in [6.07, 6.45) is 3.49. The topological polar surface area (TPSA) is 83.7 Å². The SMILES string of the molecule is CC(C)(C)CC(CO)NC(=O)c1cnc2sccn2c1=O. The molecule has 2 N–H and O–H groups in total. The monoisotopic (exact) mass is 309 g/mol. The van der Waals surface area contributed by atoms with Crippen LogP contribution >= 0.6 is 11.3 Å². The highest BCUT2D eigenvalue weighted by molar-refractivity contribution is 7.15. The van der Waals surface area contributed by atoms with E-state index in [1.807, 2.05) is 20.8 Å². The van der Waals surface area contributed by atoms with Crippen molar-refractivity contribution in [2.45, 2.75) is 33.2 Å². The second kappa shape index (κ2) is 5.95. The van der Waals surface area contributed by atoms with Gasteiger partial charge < -0.3 is 10.4 Å². The molecule has 2 rings (SSSR count). The van der Waals surface area contributed by atoms with E-state index in [1.165, 1.54) is 21.9 Å². The average molecular weight is 309 g/mol. The number of aliphatic hydroxyl groups excluding tert-OH is 1. The number of fused-ring (bicyclic) bond motifs is 1. The molecule has 0 saturated carbocycles. The van der Waals surface area contributed by atoms with Crippen LogP contribution < -0.4 is 10.9 Å². The van der Waals surface area contributed by atoms with Crippen molar-refractivity contribution in [1.29, 1.82) is 0 Å². The number of hydrogen-bond acceptors (Lipinski definition) is 5. The van der Waals surface area contributed by atoms with Crippen LogP contribution in [-0.2, 0) is 0 Å². The van der Waals surface area contributed by atoms with Gasteiger partial charge in [0.05, 0.1) is 12.6 Å². The molecule has 2 aromatic heterocycles. The summed E-state index contributed by atoms with van der Waals surface area (Å²) in [4.78, 5) is 29.0. The molecule has 7 heteroatoms. The number of aliphatic hydroxyl groups is 1. The summed E-state index contributed by atoms with van der Waals surface area (Å²) < 4.78 is 1.34. The van der Waals surface area contributed by atoms with Gasteiger partial charge in [-0.25, -0.2) is 4.98 Å². The number of aromatic nitrogens is 2. The maximum absolute atomic E-state index is 12.2. The van der Waals surface area contributed by atoms with Gasteiger partial charge in [0.15, 0.2) is 4.96 Å². The van der Waals surface area contributed by atoms with Gasteiger partial charge in [0.1, 0.15) is 5.56 Å². The molecule has 2 heterocycles. The molecular weight excluding hydrogens is 290 g/mol. The Kier molecular flexibility index (Phi) is 4.43. The third-order valence-electron chi connectivity index (χ3n) is 3.00. The highest BCUT2D eigenvalue weighted by atomic mass is 32.1. The summed E-state index contributed by atoms with van der Waals surface area (Å²) in [6, 6.07) is -0.389. The highest BCUT2D eigenvalue weighted by Crippen LogP contribution is 2.20. The van der Waals surface area contributed by atoms with Crippen molar-refractivity contribution < 1.29 is 9.90 Å². The molecule has 0 aromatic carbocycles. The third kappa shape index (κ3) is 3.68. The van der Waals surface area contributed by atoms with E-state index >= 15 is 0 Å². The minimum Gasteiger partial charge on any atom is -0.394 e. The van der Waals surface area contributed by atoms with Gasteiger partial charge in [-0.05, 0) is 11.8 Å². The lowest BCUT2D eigenvalue weighted by atomic mass is 9.88. The molecule has 0 aliphatic heterocycles. The summed E-state index contributed by atoms with van der Waals surface area (Å²) in [6.45, 7) is 5.90. The summed E-state index contributed by atoms with van der Waals surface area (Å²) in [7, 11) is 0. The summed E-state index contributed by atoms with van der Waals surface area (Å²) in [5.74, 6) is -0.503. The molecule has 0 fully saturated rings. The molecule has 0 aliphatic carbocycles. The zero-order valence-corrected chi connectivity index (χ0v) is 13.1. The predicted molar refractivity (Wildman–Crippen MR) is 81.8 cm³/mol. The van der Waals surface area contributed by atoms with Gasteiger partial charge in [0.25, 0.3) is 11.5 Å². The highest BCUT2D eigenvalue weighted by Gasteiger charge is 2.22. The lowest BCUT2D eigenvalue weighted by molar-refractivity contribution is 0.0895. The van der Waals surface area contributed by atoms with Gasteiger partial charge in [0, 0.05) is 17.8 Å². The van der Waals surface area contributed by atoms with Crippen molar-refractivity contribution in [3.8, 4) is 0 Å². The Hall–Kier alpha value is -1.73. The van der Waals surface area contributed by atoms with E-state index in [0.717, 1.165) is 0 Å². The van der Waals surface area contributed by atoms with Crippen LogP contribution in [-0.4, -0.2) is 33.0 Å². The van der Waals surface area contributed by atoms with Gasteiger partial charge in [-0.15, -0.1) is 11.3 Å². The fourth-order valence-corrected chi connectivity index (χ4v) is 2.82. The number of rotatable bonds is 4. The Morgan fingerprint density at radius 3 is 2.86 bits per heavy atom. The number of carbonyl (C=O) groups excluding carboxylic acids is 1. The van der Waals surface area contributed by atoms with Crippen LogP contribution in [0.4, 0.5) is 0 Å². The molecular formula is C14H19N3O3S. The van der Waals surface area contributed by atoms with Gasteiger partial charge in [-0.2, -0.15) is 0 Å². The first-order chi connectivity index (χ1) is 9.81. The Bertz CT molecular complexity index is 699. The second-order valence-electron chi connectivity index (χ2n) is 6.15. The van der Waals surface area contributed by atoms with Crippen molar-refractivity contribution >= 4 is 22.2 Å². The van der Waals surface area contributed by atoms with Crippen molar-refractivity contribution in [2.24, 2.45) is 5.41 Å². The standard InChI is InChI=1S/C14H19N3O3S/c1-14(2,3)6-9(8-18)16-11(19)10-7-15-13-17(12(10)20)4-5-21-13/h4-5,7,9,18H,6,8H2,1-3H3,(H,16,19). The molecule has 0 radical (unpaired) electrons. The summed E-state index contributed by atoms with van der Waals surface area (Å²) in [5.41, 5.74) is -0.449. The van der Waals surface area contributed by atoms with Crippen molar-refractivity contribution in [2.75, 3.05) is 6.61 Å². The second-order valence-corrected chi connectivity index (χ2v) is 7.02. The molecule has 21 heavy (non-hydrogen) atoms. The Morgan fingerprint density at radius 1 is 1.52 bits per heavy atom. The van der Waals surface area contributed by atoms with Crippen LogP contribution in [0.1, 0.15) is 37.6 Å². The van der Waals surface area contributed by atoms with Gasteiger partial charge in [-0.3, -0.25) is 14.0 Å². The first-order valence-corrected chi connectivity index (χ1v) is 7.56. The quantitative estimate of drug-likeness (QED) is 0.891. The van der Waals surface area contributed by atoms with E-state index in [2.05, 4.69) is 10.3 Å². The van der Waals surface area contributed by atoms with E-state index in [4.69, 9.17) is 0 Å². The number of nitrogens with zero attached hydrogens (tertiary/aromatic N) is 2. The summed E-state index contributed by atoms with van der Waals surface area (Å²) in [5, 5.41) is 13.8. The smallest absolute Gasteiger partial charge is 0.271 e. The summed E-state index contributed by atoms with van der Waals surface area (Å²) >= 11 is 1.33. The van der Waals surface area contributed by atoms with Crippen LogP contribution in [0.5, 0.6) is 0 Å². The first kappa shape index (κ1) is 15.7. The van der Waals surface area contributed by atoms with Crippen molar-refractivity contribution in [3.05, 3.63) is 33.7 Å². The Balaban J connectivity index is 2.22. The lowest BCUT2D eigenvalue weighted by Crippen LogP contribution is -2.42. The van der Waals surface area contributed by atoms with Crippen molar-refractivity contribution in [3.63, 3.8) is 0 Å². The minimum absolute atomic E-state index is 0.0155. The number of hydrogen-bond donors (Lipinski definition) is 2. The van der Waals surface area contributed by atoms with E-state index in [-0.39, 0.29) is 23.6 Å². The van der Waals surface area contributed by atoms with Crippen LogP contribution in [0.2, 0.25) is 0 Å². The maximum atomic E-state index is 12.2. The average Bonchev–Trinajstić information content (AvgIpc) is 2.85. The van der Waals surface area contributed by atoms with E-state index in [9.17, 15) is 14.7 Å². The normalized spacial score (nSPS) is 13.3. The molecule has 114 valence electrons. The van der Waals surface area contributed by atoms with Crippen LogP contribution in [0.25, 0.3) is 4.96 Å². The molecule has 0 saturated heterocycles. The molecule has 0 bridgehead atoms. The fraction of sp³-hybridized carbons (Fsp3) is 0.500. The Morgan fingerprint density at radius 2 is 2.24 bits per heavy atom. The van der Waals surface area contributed by atoms with Crippen LogP contribution in [0.15, 0.2) is 22.6 Å². The van der Waals surface area contributed by atoms with E-state index < -0.39 is 11.5 Å². The van der Waals surface area contributed by atoms with E-state index in [1.54, 1.807) is 11.6 Å². The molecule has 0 aliphatic rings. The Labute approximate surface area is 126 Å². The predicted octanol–water partition coefficient (Wildman–Crippen LogP) is 1.28. The third-order valence-corrected chi connectivity index (χ3v) is 3.77. The molecule has 1 amide bonds. The molecule has 1 atom stereocenters. The lowest BCUT2D eigenvalue weighted by Gasteiger charge is -2.25. The molecule has 1 unspecified atom stereocenters. The van der Waals surface area contributed by atoms with E-state index in [0.29, 0.717) is 11.4 Å². The first-order valence-electron chi connectivity index (χ1n) is 6.68.